The lowest BCUT2D eigenvalue weighted by Crippen LogP contribution is -2.54. The van der Waals surface area contributed by atoms with Crippen molar-refractivity contribution in [3.05, 3.63) is 71.7 Å². The molecule has 1 saturated heterocycles. The Bertz CT molecular complexity index is 1570. The Hall–Kier alpha value is -3.96. The molecule has 1 aliphatic carbocycles. The predicted molar refractivity (Wildman–Crippen MR) is 151 cm³/mol. The number of hydrogen-bond donors (Lipinski definition) is 2. The lowest BCUT2D eigenvalue weighted by atomic mass is 9.73. The van der Waals surface area contributed by atoms with Crippen LogP contribution in [0.4, 0.5) is 20.4 Å². The third-order valence-electron chi connectivity index (χ3n) is 8.53. The summed E-state index contributed by atoms with van der Waals surface area (Å²) in [7, 11) is 1.81. The van der Waals surface area contributed by atoms with Crippen molar-refractivity contribution < 1.29 is 18.3 Å². The van der Waals surface area contributed by atoms with Crippen LogP contribution in [-0.4, -0.2) is 62.7 Å². The fourth-order valence-electron chi connectivity index (χ4n) is 6.30. The summed E-state index contributed by atoms with van der Waals surface area (Å²) in [6, 6.07) is 7.80. The van der Waals surface area contributed by atoms with Gasteiger partial charge in [0.1, 0.15) is 11.6 Å². The van der Waals surface area contributed by atoms with E-state index in [2.05, 4.69) is 27.3 Å². The van der Waals surface area contributed by atoms with Crippen LogP contribution in [0.5, 0.6) is 0 Å². The molecule has 9 nitrogen and oxygen atoms in total. The Morgan fingerprint density at radius 1 is 1.12 bits per heavy atom. The topological polar surface area (TPSA) is 111 Å². The van der Waals surface area contributed by atoms with Gasteiger partial charge in [0.2, 0.25) is 11.9 Å². The summed E-state index contributed by atoms with van der Waals surface area (Å²) in [6.07, 6.45) is 6.67. The lowest BCUT2D eigenvalue weighted by Gasteiger charge is -2.43. The first-order chi connectivity index (χ1) is 19.7. The molecule has 1 aromatic carbocycles. The SMILES string of the molecule is CC(=O)N(C)[C@@H]1[C@H](N)C[C@H](c2ccncc2Nc2ncc3ccc(-c4c(F)cc(C5COC5)cc4F)nn23)C[C@@H]1C. The Balaban J connectivity index is 1.29. The minimum atomic E-state index is -0.667. The maximum Gasteiger partial charge on any atom is 0.229 e. The fourth-order valence-corrected chi connectivity index (χ4v) is 6.30. The molecule has 0 bridgehead atoms. The van der Waals surface area contributed by atoms with Crippen LogP contribution in [0.25, 0.3) is 16.8 Å². The summed E-state index contributed by atoms with van der Waals surface area (Å²) in [5.41, 5.74) is 9.60. The number of imidazole rings is 1. The normalized spacial score (nSPS) is 22.9. The predicted octanol–water partition coefficient (Wildman–Crippen LogP) is 4.61. The number of nitrogens with two attached hydrogens (primary N) is 1. The molecular weight excluding hydrogens is 528 g/mol. The second-order valence-corrected chi connectivity index (χ2v) is 11.2. The molecule has 4 atom stereocenters. The van der Waals surface area contributed by atoms with Gasteiger partial charge in [-0.05, 0) is 66.1 Å². The van der Waals surface area contributed by atoms with Gasteiger partial charge in [-0.1, -0.05) is 6.92 Å². The summed E-state index contributed by atoms with van der Waals surface area (Å²) in [5, 5.41) is 7.90. The van der Waals surface area contributed by atoms with E-state index in [1.165, 1.54) is 16.6 Å². The van der Waals surface area contributed by atoms with Gasteiger partial charge < -0.3 is 20.7 Å². The van der Waals surface area contributed by atoms with E-state index in [0.717, 1.165) is 17.7 Å². The summed E-state index contributed by atoms with van der Waals surface area (Å²) >= 11 is 0. The third-order valence-corrected chi connectivity index (χ3v) is 8.53. The minimum Gasteiger partial charge on any atom is -0.380 e. The van der Waals surface area contributed by atoms with Crippen LogP contribution >= 0.6 is 0 Å². The fraction of sp³-hybridized carbons (Fsp3) is 0.400. The number of fused-ring (bicyclic) bond motifs is 1. The smallest absolute Gasteiger partial charge is 0.229 e. The number of likely N-dealkylation sites (N-methyl/N-ethyl adjacent to an activating group) is 1. The number of carbonyl (C=O) groups is 1. The number of carbonyl (C=O) groups excluding carboxylic acids is 1. The third kappa shape index (κ3) is 5.04. The summed E-state index contributed by atoms with van der Waals surface area (Å²) in [4.78, 5) is 22.6. The molecule has 0 radical (unpaired) electrons. The van der Waals surface area contributed by atoms with E-state index in [1.807, 2.05) is 13.1 Å². The first-order valence-electron chi connectivity index (χ1n) is 13.8. The average molecular weight is 562 g/mol. The molecule has 1 saturated carbocycles. The maximum absolute atomic E-state index is 15.1. The van der Waals surface area contributed by atoms with E-state index in [9.17, 15) is 4.79 Å². The van der Waals surface area contributed by atoms with Gasteiger partial charge in [-0.25, -0.2) is 13.8 Å². The number of anilines is 2. The van der Waals surface area contributed by atoms with Crippen molar-refractivity contribution in [2.45, 2.75) is 50.6 Å². The summed E-state index contributed by atoms with van der Waals surface area (Å²) in [6.45, 7) is 4.62. The monoisotopic (exact) mass is 561 g/mol. The van der Waals surface area contributed by atoms with Gasteiger partial charge in [-0.2, -0.15) is 9.61 Å². The molecule has 3 N–H and O–H groups in total. The first kappa shape index (κ1) is 27.2. The van der Waals surface area contributed by atoms with E-state index < -0.39 is 11.6 Å². The number of pyridine rings is 1. The Morgan fingerprint density at radius 3 is 2.54 bits per heavy atom. The number of benzene rings is 1. The summed E-state index contributed by atoms with van der Waals surface area (Å²) < 4.78 is 37.0. The lowest BCUT2D eigenvalue weighted by molar-refractivity contribution is -0.131. The van der Waals surface area contributed by atoms with Gasteiger partial charge in [0, 0.05) is 38.2 Å². The number of nitrogens with one attached hydrogen (secondary N) is 1. The number of aromatic nitrogens is 4. The van der Waals surface area contributed by atoms with E-state index in [0.29, 0.717) is 36.7 Å². The van der Waals surface area contributed by atoms with E-state index >= 15 is 8.78 Å². The Kier molecular flexibility index (Phi) is 7.16. The van der Waals surface area contributed by atoms with Gasteiger partial charge in [0.25, 0.3) is 0 Å². The van der Waals surface area contributed by atoms with Crippen molar-refractivity contribution >= 4 is 23.1 Å². The Labute approximate surface area is 236 Å². The van der Waals surface area contributed by atoms with E-state index in [4.69, 9.17) is 10.5 Å². The van der Waals surface area contributed by atoms with Crippen LogP contribution in [0.1, 0.15) is 49.7 Å². The first-order valence-corrected chi connectivity index (χ1v) is 13.8. The number of ether oxygens (including phenoxy) is 1. The van der Waals surface area contributed by atoms with Crippen LogP contribution < -0.4 is 11.1 Å². The molecule has 0 unspecified atom stereocenters. The molecule has 2 aliphatic rings. The number of rotatable bonds is 6. The second-order valence-electron chi connectivity index (χ2n) is 11.2. The number of hydrogen-bond acceptors (Lipinski definition) is 7. The molecule has 4 heterocycles. The van der Waals surface area contributed by atoms with Crippen molar-refractivity contribution in [2.75, 3.05) is 25.6 Å². The van der Waals surface area contributed by atoms with Crippen LogP contribution in [0, 0.1) is 17.6 Å². The molecule has 214 valence electrons. The zero-order valence-electron chi connectivity index (χ0n) is 23.2. The minimum absolute atomic E-state index is 0.00346. The zero-order chi connectivity index (χ0) is 28.8. The number of halogens is 2. The number of amides is 1. The highest BCUT2D eigenvalue weighted by Crippen LogP contribution is 2.40. The quantitative estimate of drug-likeness (QED) is 0.354. The molecule has 11 heteroatoms. The molecule has 4 aromatic rings. The standard InChI is InChI=1S/C30H33F2N7O2/c1-16-8-19(11-25(33)29(16)38(3)17(2)40)22-6-7-34-13-27(22)36-30-35-12-21-4-5-26(37-39(21)30)28-23(31)9-18(10-24(28)32)20-14-41-15-20/h4-7,9-10,12-13,16,19-20,25,29H,8,11,14-15,33H2,1-3H3,(H,35,36)/t16-,19+,25+,29-/m0/s1. The molecule has 6 rings (SSSR count). The highest BCUT2D eigenvalue weighted by molar-refractivity contribution is 5.73. The molecule has 41 heavy (non-hydrogen) atoms. The van der Waals surface area contributed by atoms with Crippen molar-refractivity contribution in [1.82, 2.24) is 24.5 Å². The molecule has 2 fully saturated rings. The zero-order valence-corrected chi connectivity index (χ0v) is 23.2. The molecule has 3 aromatic heterocycles. The van der Waals surface area contributed by atoms with Crippen molar-refractivity contribution in [2.24, 2.45) is 11.7 Å². The van der Waals surface area contributed by atoms with Crippen LogP contribution in [0.3, 0.4) is 0 Å². The summed E-state index contributed by atoms with van der Waals surface area (Å²) in [5.74, 6) is -0.600. The molecule has 1 amide bonds. The second kappa shape index (κ2) is 10.8. The van der Waals surface area contributed by atoms with E-state index in [-0.39, 0.29) is 47.0 Å². The van der Waals surface area contributed by atoms with Crippen molar-refractivity contribution in [1.29, 1.82) is 0 Å². The van der Waals surface area contributed by atoms with Gasteiger partial charge in [0.05, 0.1) is 48.1 Å². The van der Waals surface area contributed by atoms with Gasteiger partial charge in [-0.15, -0.1) is 0 Å². The molecular formula is C30H33F2N7O2. The number of nitrogens with zero attached hydrogens (tertiary/aromatic N) is 5. The van der Waals surface area contributed by atoms with Gasteiger partial charge in [-0.3, -0.25) is 9.78 Å². The highest BCUT2D eigenvalue weighted by Gasteiger charge is 2.38. The van der Waals surface area contributed by atoms with Crippen LogP contribution in [0.15, 0.2) is 48.9 Å². The van der Waals surface area contributed by atoms with Crippen LogP contribution in [0.2, 0.25) is 0 Å². The average Bonchev–Trinajstić information content (AvgIpc) is 3.29. The van der Waals surface area contributed by atoms with Gasteiger partial charge in [0.15, 0.2) is 0 Å². The van der Waals surface area contributed by atoms with Gasteiger partial charge >= 0.3 is 0 Å². The van der Waals surface area contributed by atoms with Crippen molar-refractivity contribution in [3.8, 4) is 11.3 Å². The molecule has 0 spiro atoms. The highest BCUT2D eigenvalue weighted by atomic mass is 19.1. The largest absolute Gasteiger partial charge is 0.380 e. The van der Waals surface area contributed by atoms with E-state index in [1.54, 1.807) is 42.5 Å². The Morgan fingerprint density at radius 2 is 1.88 bits per heavy atom. The maximum atomic E-state index is 15.1. The van der Waals surface area contributed by atoms with Crippen LogP contribution in [-0.2, 0) is 9.53 Å². The molecule has 1 aliphatic heterocycles. The van der Waals surface area contributed by atoms with Crippen molar-refractivity contribution in [3.63, 3.8) is 0 Å².